The summed E-state index contributed by atoms with van der Waals surface area (Å²) in [6.45, 7) is 7.39. The van der Waals surface area contributed by atoms with Gasteiger partial charge in [-0.15, -0.1) is 36.7 Å². The van der Waals surface area contributed by atoms with Gasteiger partial charge in [0.1, 0.15) is 0 Å². The largest absolute Gasteiger partial charge is 0.134 e. The van der Waals surface area contributed by atoms with Crippen LogP contribution in [0, 0.1) is 5.92 Å². The zero-order valence-corrected chi connectivity index (χ0v) is 19.0. The molecule has 0 aromatic heterocycles. The molecule has 0 saturated heterocycles. The van der Waals surface area contributed by atoms with Gasteiger partial charge in [-0.05, 0) is 36.0 Å². The van der Waals surface area contributed by atoms with Gasteiger partial charge in [-0.1, -0.05) is 67.5 Å². The molecule has 0 fully saturated rings. The van der Waals surface area contributed by atoms with Gasteiger partial charge in [-0.25, -0.2) is 0 Å². The predicted molar refractivity (Wildman–Crippen MR) is 130 cm³/mol. The summed E-state index contributed by atoms with van der Waals surface area (Å²) < 4.78 is 0. The van der Waals surface area contributed by atoms with Crippen molar-refractivity contribution in [2.24, 2.45) is 5.92 Å². The molecule has 0 N–H and O–H groups in total. The number of hydrogen-bond acceptors (Lipinski definition) is 6. The third-order valence-corrected chi connectivity index (χ3v) is 10.4. The van der Waals surface area contributed by atoms with Crippen LogP contribution in [0.3, 0.4) is 0 Å². The van der Waals surface area contributed by atoms with Crippen LogP contribution in [0.25, 0.3) is 0 Å². The third kappa shape index (κ3) is 13.3. The molecule has 24 heavy (non-hydrogen) atoms. The van der Waals surface area contributed by atoms with Crippen molar-refractivity contribution in [2.75, 3.05) is 28.8 Å². The zero-order chi connectivity index (χ0) is 17.3. The molecular formula is C18H28S6. The molecule has 0 amide bonds. The van der Waals surface area contributed by atoms with E-state index in [0.717, 1.165) is 22.7 Å². The molecule has 2 unspecified atom stereocenters. The Morgan fingerprint density at radius 1 is 0.958 bits per heavy atom. The summed E-state index contributed by atoms with van der Waals surface area (Å²) in [5.41, 5.74) is 0. The lowest BCUT2D eigenvalue weighted by Gasteiger charge is -2.15. The lowest BCUT2D eigenvalue weighted by atomic mass is 10.1. The Morgan fingerprint density at radius 2 is 1.71 bits per heavy atom. The summed E-state index contributed by atoms with van der Waals surface area (Å²) in [4.78, 5) is 0. The van der Waals surface area contributed by atoms with Crippen molar-refractivity contribution in [1.29, 1.82) is 0 Å². The van der Waals surface area contributed by atoms with Crippen LogP contribution in [0.2, 0.25) is 0 Å². The Labute approximate surface area is 173 Å². The first kappa shape index (κ1) is 23.1. The van der Waals surface area contributed by atoms with E-state index in [0.29, 0.717) is 0 Å². The van der Waals surface area contributed by atoms with Crippen molar-refractivity contribution >= 4 is 66.7 Å². The van der Waals surface area contributed by atoms with E-state index in [9.17, 15) is 0 Å². The molecule has 0 aliphatic carbocycles. The van der Waals surface area contributed by atoms with E-state index in [2.05, 4.69) is 36.1 Å². The molecule has 0 nitrogen and oxygen atoms in total. The Balaban J connectivity index is 0.000000240. The fraction of sp³-hybridized carbons (Fsp3) is 0.556. The number of rotatable bonds is 10. The summed E-state index contributed by atoms with van der Waals surface area (Å²) in [5.74, 6) is 6.89. The first-order valence-electron chi connectivity index (χ1n) is 8.14. The molecule has 136 valence electrons. The van der Waals surface area contributed by atoms with Crippen molar-refractivity contribution in [1.82, 2.24) is 0 Å². The molecule has 2 heterocycles. The Kier molecular flexibility index (Phi) is 16.8. The van der Waals surface area contributed by atoms with Gasteiger partial charge in [0.05, 0.1) is 0 Å². The third-order valence-electron chi connectivity index (χ3n) is 3.11. The van der Waals surface area contributed by atoms with Gasteiger partial charge in [0.15, 0.2) is 0 Å². The quantitative estimate of drug-likeness (QED) is 0.193. The maximum absolute atomic E-state index is 3.70. The van der Waals surface area contributed by atoms with Crippen LogP contribution in [0.15, 0.2) is 48.3 Å². The average molecular weight is 437 g/mol. The van der Waals surface area contributed by atoms with Gasteiger partial charge in [0.25, 0.3) is 0 Å². The highest BCUT2D eigenvalue weighted by Gasteiger charge is 2.10. The maximum Gasteiger partial charge on any atom is 0.0215 e. The van der Waals surface area contributed by atoms with Crippen LogP contribution in [0.1, 0.15) is 19.3 Å². The first-order valence-corrected chi connectivity index (χ1v) is 15.1. The molecule has 6 heteroatoms. The molecule has 2 aliphatic rings. The first-order chi connectivity index (χ1) is 11.9. The molecule has 0 spiro atoms. The molecule has 0 bridgehead atoms. The summed E-state index contributed by atoms with van der Waals surface area (Å²) in [6, 6.07) is 0. The Morgan fingerprint density at radius 3 is 2.29 bits per heavy atom. The van der Waals surface area contributed by atoms with Gasteiger partial charge >= 0.3 is 0 Å². The Bertz CT molecular complexity index is 344. The minimum Gasteiger partial charge on any atom is -0.134 e. The number of hydrogen-bond donors (Lipinski definition) is 0. The highest BCUT2D eigenvalue weighted by molar-refractivity contribution is 8.77. The van der Waals surface area contributed by atoms with E-state index in [1.807, 2.05) is 78.9 Å². The van der Waals surface area contributed by atoms with E-state index in [1.54, 1.807) is 0 Å². The van der Waals surface area contributed by atoms with Crippen LogP contribution in [0.4, 0.5) is 0 Å². The second-order valence-corrected chi connectivity index (χ2v) is 12.5. The van der Waals surface area contributed by atoms with E-state index in [1.165, 1.54) is 36.5 Å². The Hall–Kier alpha value is 1.06. The van der Waals surface area contributed by atoms with Crippen molar-refractivity contribution in [3.05, 3.63) is 48.3 Å². The van der Waals surface area contributed by atoms with Gasteiger partial charge in [-0.2, -0.15) is 0 Å². The van der Waals surface area contributed by atoms with E-state index in [-0.39, 0.29) is 0 Å². The van der Waals surface area contributed by atoms with Gasteiger partial charge in [0.2, 0.25) is 0 Å². The topological polar surface area (TPSA) is 0 Å². The second-order valence-electron chi connectivity index (χ2n) is 5.23. The normalized spacial score (nSPS) is 22.5. The second kappa shape index (κ2) is 17.5. The van der Waals surface area contributed by atoms with Crippen molar-refractivity contribution in [3.63, 3.8) is 0 Å². The lowest BCUT2D eigenvalue weighted by molar-refractivity contribution is 0.686. The molecular weight excluding hydrogens is 409 g/mol. The molecule has 2 aliphatic heterocycles. The standard InChI is InChI=1S/2C9H14S3/c1-2-6-11-12-8-9-5-3-4-7-10-9;1-2-5-11-12-8-9-4-3-6-10-7-9/h2,4,7,9H,1,3,5-6,8H2;2-3,6,9H,1,4-5,7-8H2. The summed E-state index contributed by atoms with van der Waals surface area (Å²) in [5, 5.41) is 5.31. The van der Waals surface area contributed by atoms with E-state index >= 15 is 0 Å². The van der Waals surface area contributed by atoms with Crippen LogP contribution in [0.5, 0.6) is 0 Å². The van der Waals surface area contributed by atoms with Crippen molar-refractivity contribution in [3.8, 4) is 0 Å². The fourth-order valence-corrected chi connectivity index (χ4v) is 8.56. The molecule has 2 atom stereocenters. The van der Waals surface area contributed by atoms with Crippen molar-refractivity contribution < 1.29 is 0 Å². The monoisotopic (exact) mass is 436 g/mol. The SMILES string of the molecule is C=CCSSCC1CC=CSC1.C=CCSSCC1CCC=CS1. The molecule has 0 saturated carbocycles. The summed E-state index contributed by atoms with van der Waals surface area (Å²) in [6.07, 6.45) is 12.4. The van der Waals surface area contributed by atoms with Crippen LogP contribution in [-0.2, 0) is 0 Å². The zero-order valence-electron chi connectivity index (χ0n) is 14.1. The highest BCUT2D eigenvalue weighted by Crippen LogP contribution is 2.31. The molecule has 2 rings (SSSR count). The minimum absolute atomic E-state index is 0.845. The average Bonchev–Trinajstić information content (AvgIpc) is 2.65. The van der Waals surface area contributed by atoms with Crippen molar-refractivity contribution in [2.45, 2.75) is 24.5 Å². The molecule has 0 radical (unpaired) electrons. The lowest BCUT2D eigenvalue weighted by Crippen LogP contribution is -2.07. The number of thioether (sulfide) groups is 2. The fourth-order valence-electron chi connectivity index (χ4n) is 1.86. The molecule has 0 aromatic carbocycles. The smallest absolute Gasteiger partial charge is 0.0215 e. The highest BCUT2D eigenvalue weighted by atomic mass is 33.1. The summed E-state index contributed by atoms with van der Waals surface area (Å²) >= 11 is 3.92. The number of allylic oxidation sites excluding steroid dienone is 2. The molecule has 0 aromatic rings. The minimum atomic E-state index is 0.845. The predicted octanol–water partition coefficient (Wildman–Crippen LogP) is 7.78. The van der Waals surface area contributed by atoms with Gasteiger partial charge in [-0.3, -0.25) is 0 Å². The van der Waals surface area contributed by atoms with Crippen LogP contribution >= 0.6 is 66.7 Å². The van der Waals surface area contributed by atoms with Gasteiger partial charge in [0, 0.05) is 34.0 Å². The van der Waals surface area contributed by atoms with Gasteiger partial charge < -0.3 is 0 Å². The van der Waals surface area contributed by atoms with Crippen LogP contribution < -0.4 is 0 Å². The van der Waals surface area contributed by atoms with E-state index in [4.69, 9.17) is 0 Å². The summed E-state index contributed by atoms with van der Waals surface area (Å²) in [7, 11) is 7.78. The van der Waals surface area contributed by atoms with E-state index < -0.39 is 0 Å². The maximum atomic E-state index is 3.70. The van der Waals surface area contributed by atoms with Crippen LogP contribution in [-0.4, -0.2) is 34.0 Å².